The second kappa shape index (κ2) is 3.74. The van der Waals surface area contributed by atoms with Crippen LogP contribution in [0.25, 0.3) is 0 Å². The van der Waals surface area contributed by atoms with Crippen LogP contribution in [0.5, 0.6) is 0 Å². The number of rotatable bonds is 3. The second-order valence-corrected chi connectivity index (χ2v) is 3.30. The third-order valence-corrected chi connectivity index (χ3v) is 2.52. The normalized spacial score (nSPS) is 39.8. The zero-order valence-electron chi connectivity index (χ0n) is 7.92. The fraction of sp³-hybridized carbons (Fsp3) is 0.778. The lowest BCUT2D eigenvalue weighted by Gasteiger charge is -2.26. The van der Waals surface area contributed by atoms with Crippen molar-refractivity contribution in [3.05, 3.63) is 12.2 Å². The molecule has 0 aliphatic heterocycles. The SMILES string of the molecule is C=C1[C@@H](O)C[C@H](OC)[C@@]1(F)COC. The van der Waals surface area contributed by atoms with Crippen LogP contribution >= 0.6 is 0 Å². The molecule has 3 nitrogen and oxygen atoms in total. The van der Waals surface area contributed by atoms with Gasteiger partial charge in [-0.2, -0.15) is 0 Å². The van der Waals surface area contributed by atoms with Crippen LogP contribution in [-0.2, 0) is 9.47 Å². The Hall–Kier alpha value is -0.450. The Labute approximate surface area is 77.2 Å². The summed E-state index contributed by atoms with van der Waals surface area (Å²) >= 11 is 0. The number of hydrogen-bond acceptors (Lipinski definition) is 3. The van der Waals surface area contributed by atoms with Gasteiger partial charge in [-0.1, -0.05) is 6.58 Å². The third kappa shape index (κ3) is 1.61. The summed E-state index contributed by atoms with van der Waals surface area (Å²) in [4.78, 5) is 0. The van der Waals surface area contributed by atoms with Crippen LogP contribution in [0.2, 0.25) is 0 Å². The van der Waals surface area contributed by atoms with E-state index in [1.54, 1.807) is 0 Å². The molecule has 1 saturated carbocycles. The summed E-state index contributed by atoms with van der Waals surface area (Å²) < 4.78 is 23.8. The van der Waals surface area contributed by atoms with Gasteiger partial charge in [0.25, 0.3) is 0 Å². The molecule has 1 N–H and O–H groups in total. The molecule has 1 aliphatic rings. The van der Waals surface area contributed by atoms with Crippen LogP contribution in [0.4, 0.5) is 4.39 Å². The molecular weight excluding hydrogens is 175 g/mol. The largest absolute Gasteiger partial charge is 0.389 e. The molecule has 0 amide bonds. The summed E-state index contributed by atoms with van der Waals surface area (Å²) in [5, 5.41) is 9.39. The minimum Gasteiger partial charge on any atom is -0.389 e. The number of alkyl halides is 1. The average molecular weight is 190 g/mol. The van der Waals surface area contributed by atoms with Crippen molar-refractivity contribution in [3.8, 4) is 0 Å². The summed E-state index contributed by atoms with van der Waals surface area (Å²) in [7, 11) is 2.83. The van der Waals surface area contributed by atoms with E-state index in [0.717, 1.165) is 0 Å². The van der Waals surface area contributed by atoms with Crippen molar-refractivity contribution < 1.29 is 19.0 Å². The fourth-order valence-electron chi connectivity index (χ4n) is 1.69. The number of ether oxygens (including phenoxy) is 2. The number of aliphatic hydroxyl groups is 1. The fourth-order valence-corrected chi connectivity index (χ4v) is 1.69. The average Bonchev–Trinajstić information content (AvgIpc) is 2.31. The molecule has 0 aromatic heterocycles. The van der Waals surface area contributed by atoms with Gasteiger partial charge in [0, 0.05) is 20.6 Å². The molecule has 4 heteroatoms. The van der Waals surface area contributed by atoms with E-state index in [4.69, 9.17) is 9.47 Å². The lowest BCUT2D eigenvalue weighted by Crippen LogP contribution is -2.39. The van der Waals surface area contributed by atoms with Gasteiger partial charge in [-0.3, -0.25) is 0 Å². The molecule has 1 aliphatic carbocycles. The molecule has 0 heterocycles. The van der Waals surface area contributed by atoms with Gasteiger partial charge in [0.2, 0.25) is 0 Å². The van der Waals surface area contributed by atoms with Crippen molar-refractivity contribution >= 4 is 0 Å². The summed E-state index contributed by atoms with van der Waals surface area (Å²) in [5.41, 5.74) is -1.59. The third-order valence-electron chi connectivity index (χ3n) is 2.52. The smallest absolute Gasteiger partial charge is 0.183 e. The predicted octanol–water partition coefficient (Wildman–Crippen LogP) is 0.677. The molecule has 76 valence electrons. The monoisotopic (exact) mass is 190 g/mol. The number of hydrogen-bond donors (Lipinski definition) is 1. The van der Waals surface area contributed by atoms with E-state index in [0.29, 0.717) is 0 Å². The second-order valence-electron chi connectivity index (χ2n) is 3.30. The van der Waals surface area contributed by atoms with E-state index in [2.05, 4.69) is 6.58 Å². The molecule has 0 bridgehead atoms. The summed E-state index contributed by atoms with van der Waals surface area (Å²) in [6.07, 6.45) is -1.24. The molecule has 0 radical (unpaired) electrons. The maximum Gasteiger partial charge on any atom is 0.183 e. The molecule has 0 saturated heterocycles. The lowest BCUT2D eigenvalue weighted by molar-refractivity contribution is -0.0395. The van der Waals surface area contributed by atoms with E-state index in [1.807, 2.05) is 0 Å². The van der Waals surface area contributed by atoms with E-state index in [9.17, 15) is 9.50 Å². The molecule has 13 heavy (non-hydrogen) atoms. The Kier molecular flexibility index (Phi) is 3.05. The van der Waals surface area contributed by atoms with Gasteiger partial charge in [-0.15, -0.1) is 0 Å². The van der Waals surface area contributed by atoms with Gasteiger partial charge in [0.05, 0.1) is 12.7 Å². The Morgan fingerprint density at radius 1 is 1.69 bits per heavy atom. The lowest BCUT2D eigenvalue weighted by atomic mass is 9.99. The highest BCUT2D eigenvalue weighted by Gasteiger charge is 2.51. The van der Waals surface area contributed by atoms with E-state index >= 15 is 0 Å². The van der Waals surface area contributed by atoms with E-state index < -0.39 is 17.9 Å². The summed E-state index contributed by atoms with van der Waals surface area (Å²) in [5.74, 6) is 0. The summed E-state index contributed by atoms with van der Waals surface area (Å²) in [6.45, 7) is 3.40. The summed E-state index contributed by atoms with van der Waals surface area (Å²) in [6, 6.07) is 0. The van der Waals surface area contributed by atoms with Crippen LogP contribution in [0.15, 0.2) is 12.2 Å². The molecule has 3 atom stereocenters. The van der Waals surface area contributed by atoms with Crippen molar-refractivity contribution in [3.63, 3.8) is 0 Å². The first-order valence-corrected chi connectivity index (χ1v) is 4.14. The maximum absolute atomic E-state index is 14.1. The molecule has 0 unspecified atom stereocenters. The zero-order chi connectivity index (χ0) is 10.1. The van der Waals surface area contributed by atoms with Gasteiger partial charge in [0.15, 0.2) is 5.67 Å². The Morgan fingerprint density at radius 3 is 2.77 bits per heavy atom. The van der Waals surface area contributed by atoms with Crippen molar-refractivity contribution in [1.29, 1.82) is 0 Å². The molecule has 0 spiro atoms. The van der Waals surface area contributed by atoms with Crippen molar-refractivity contribution in [2.45, 2.75) is 24.3 Å². The molecule has 0 aromatic rings. The van der Waals surface area contributed by atoms with Crippen LogP contribution in [0, 0.1) is 0 Å². The van der Waals surface area contributed by atoms with Crippen molar-refractivity contribution in [2.24, 2.45) is 0 Å². The van der Waals surface area contributed by atoms with Gasteiger partial charge in [-0.05, 0) is 5.57 Å². The maximum atomic E-state index is 14.1. The van der Waals surface area contributed by atoms with Crippen LogP contribution in [-0.4, -0.2) is 43.8 Å². The Balaban J connectivity index is 2.83. The van der Waals surface area contributed by atoms with Gasteiger partial charge < -0.3 is 14.6 Å². The highest BCUT2D eigenvalue weighted by Crippen LogP contribution is 2.39. The molecular formula is C9H15FO3. The molecule has 1 fully saturated rings. The van der Waals surface area contributed by atoms with Crippen molar-refractivity contribution in [1.82, 2.24) is 0 Å². The minimum atomic E-state index is -1.75. The van der Waals surface area contributed by atoms with Crippen LogP contribution in [0.1, 0.15) is 6.42 Å². The standard InChI is InChI=1S/C9H15FO3/c1-6-7(11)4-8(13-3)9(6,10)5-12-2/h7-8,11H,1,4-5H2,2-3H3/t7-,8-,9+/m0/s1. The van der Waals surface area contributed by atoms with Crippen molar-refractivity contribution in [2.75, 3.05) is 20.8 Å². The Morgan fingerprint density at radius 2 is 2.31 bits per heavy atom. The van der Waals surface area contributed by atoms with Crippen LogP contribution < -0.4 is 0 Å². The Bertz CT molecular complexity index is 207. The zero-order valence-corrected chi connectivity index (χ0v) is 7.92. The van der Waals surface area contributed by atoms with Gasteiger partial charge >= 0.3 is 0 Å². The first-order chi connectivity index (χ1) is 6.06. The minimum absolute atomic E-state index is 0.124. The van der Waals surface area contributed by atoms with E-state index in [-0.39, 0.29) is 18.6 Å². The number of aliphatic hydroxyl groups excluding tert-OH is 1. The predicted molar refractivity (Wildman–Crippen MR) is 46.3 cm³/mol. The van der Waals surface area contributed by atoms with Gasteiger partial charge in [-0.25, -0.2) is 4.39 Å². The first kappa shape index (κ1) is 10.6. The molecule has 1 rings (SSSR count). The highest BCUT2D eigenvalue weighted by molar-refractivity contribution is 5.27. The van der Waals surface area contributed by atoms with Gasteiger partial charge in [0.1, 0.15) is 6.10 Å². The van der Waals surface area contributed by atoms with Crippen LogP contribution in [0.3, 0.4) is 0 Å². The van der Waals surface area contributed by atoms with E-state index in [1.165, 1.54) is 14.2 Å². The topological polar surface area (TPSA) is 38.7 Å². The highest BCUT2D eigenvalue weighted by atomic mass is 19.1. The number of methoxy groups -OCH3 is 2. The first-order valence-electron chi connectivity index (χ1n) is 4.14. The number of halogens is 1. The molecule has 0 aromatic carbocycles. The quantitative estimate of drug-likeness (QED) is 0.665.